The molecule has 0 fully saturated rings. The van der Waals surface area contributed by atoms with Gasteiger partial charge in [-0.15, -0.1) is 11.3 Å². The minimum Gasteiger partial charge on any atom is -0.460 e. The Kier molecular flexibility index (Phi) is 3.08. The number of aromatic nitrogens is 2. The quantitative estimate of drug-likeness (QED) is 0.795. The summed E-state index contributed by atoms with van der Waals surface area (Å²) in [6.07, 6.45) is 0.893. The van der Waals surface area contributed by atoms with Gasteiger partial charge in [0.15, 0.2) is 0 Å². The third kappa shape index (κ3) is 2.04. The molecule has 1 aliphatic heterocycles. The maximum atomic E-state index is 12.1. The molecular formula is C12H13N3O3S. The molecule has 2 N–H and O–H groups in total. The van der Waals surface area contributed by atoms with E-state index >= 15 is 0 Å². The molecule has 3 rings (SSSR count). The van der Waals surface area contributed by atoms with Crippen molar-refractivity contribution in [3.63, 3.8) is 0 Å². The van der Waals surface area contributed by atoms with Crippen molar-refractivity contribution in [2.75, 3.05) is 13.2 Å². The molecule has 2 aromatic rings. The number of thiophene rings is 1. The van der Waals surface area contributed by atoms with E-state index < -0.39 is 5.97 Å². The SMILES string of the molecule is CCOC(=O)c1nc2sc3c(c2c(=O)[nH]1)CNCC3. The molecule has 100 valence electrons. The highest BCUT2D eigenvalue weighted by Gasteiger charge is 2.21. The Labute approximate surface area is 112 Å². The fourth-order valence-electron chi connectivity index (χ4n) is 2.21. The second-order valence-corrected chi connectivity index (χ2v) is 5.33. The molecule has 0 spiro atoms. The van der Waals surface area contributed by atoms with Crippen LogP contribution in [0.15, 0.2) is 4.79 Å². The summed E-state index contributed by atoms with van der Waals surface area (Å²) in [5.41, 5.74) is 0.740. The van der Waals surface area contributed by atoms with E-state index in [1.54, 1.807) is 6.92 Å². The molecule has 0 atom stereocenters. The molecule has 0 saturated heterocycles. The lowest BCUT2D eigenvalue weighted by molar-refractivity contribution is 0.0512. The molecular weight excluding hydrogens is 266 g/mol. The van der Waals surface area contributed by atoms with Crippen LogP contribution in [0.4, 0.5) is 0 Å². The van der Waals surface area contributed by atoms with Gasteiger partial charge < -0.3 is 15.0 Å². The maximum Gasteiger partial charge on any atom is 0.374 e. The van der Waals surface area contributed by atoms with Crippen LogP contribution in [0.2, 0.25) is 0 Å². The first-order valence-electron chi connectivity index (χ1n) is 6.13. The molecule has 0 unspecified atom stereocenters. The number of nitrogens with zero attached hydrogens (tertiary/aromatic N) is 1. The number of hydrogen-bond acceptors (Lipinski definition) is 6. The van der Waals surface area contributed by atoms with Gasteiger partial charge in [0, 0.05) is 18.0 Å². The summed E-state index contributed by atoms with van der Waals surface area (Å²) in [5, 5.41) is 3.84. The van der Waals surface area contributed by atoms with E-state index in [0.717, 1.165) is 18.5 Å². The number of ether oxygens (including phenoxy) is 1. The van der Waals surface area contributed by atoms with Crippen LogP contribution in [0.5, 0.6) is 0 Å². The van der Waals surface area contributed by atoms with Gasteiger partial charge in [-0.05, 0) is 18.9 Å². The van der Waals surface area contributed by atoms with Crippen molar-refractivity contribution in [1.82, 2.24) is 15.3 Å². The van der Waals surface area contributed by atoms with Crippen LogP contribution in [0.3, 0.4) is 0 Å². The Morgan fingerprint density at radius 2 is 2.37 bits per heavy atom. The number of rotatable bonds is 2. The topological polar surface area (TPSA) is 84.1 Å². The largest absolute Gasteiger partial charge is 0.460 e. The third-order valence-electron chi connectivity index (χ3n) is 3.04. The van der Waals surface area contributed by atoms with Gasteiger partial charge in [-0.2, -0.15) is 0 Å². The highest BCUT2D eigenvalue weighted by Crippen LogP contribution is 2.29. The number of carbonyl (C=O) groups is 1. The second-order valence-electron chi connectivity index (χ2n) is 4.25. The van der Waals surface area contributed by atoms with Gasteiger partial charge in [0.25, 0.3) is 5.56 Å². The number of carbonyl (C=O) groups excluding carboxylic acids is 1. The van der Waals surface area contributed by atoms with E-state index in [0.29, 0.717) is 16.8 Å². The molecule has 0 aromatic carbocycles. The first-order valence-corrected chi connectivity index (χ1v) is 6.94. The van der Waals surface area contributed by atoms with Gasteiger partial charge in [-0.1, -0.05) is 0 Å². The van der Waals surface area contributed by atoms with Gasteiger partial charge in [0.05, 0.1) is 12.0 Å². The van der Waals surface area contributed by atoms with Gasteiger partial charge in [0.1, 0.15) is 4.83 Å². The van der Waals surface area contributed by atoms with Crippen LogP contribution in [-0.4, -0.2) is 29.1 Å². The molecule has 6 nitrogen and oxygen atoms in total. The average Bonchev–Trinajstić information content (AvgIpc) is 2.77. The lowest BCUT2D eigenvalue weighted by Crippen LogP contribution is -2.24. The molecule has 0 bridgehead atoms. The van der Waals surface area contributed by atoms with E-state index in [-0.39, 0.29) is 18.0 Å². The second kappa shape index (κ2) is 4.75. The van der Waals surface area contributed by atoms with Crippen molar-refractivity contribution in [1.29, 1.82) is 0 Å². The Morgan fingerprint density at radius 3 is 3.16 bits per heavy atom. The highest BCUT2D eigenvalue weighted by atomic mass is 32.1. The molecule has 19 heavy (non-hydrogen) atoms. The van der Waals surface area contributed by atoms with Gasteiger partial charge in [-0.25, -0.2) is 9.78 Å². The monoisotopic (exact) mass is 279 g/mol. The predicted molar refractivity (Wildman–Crippen MR) is 71.6 cm³/mol. The number of nitrogens with one attached hydrogen (secondary N) is 2. The molecule has 0 aliphatic carbocycles. The Morgan fingerprint density at radius 1 is 1.53 bits per heavy atom. The van der Waals surface area contributed by atoms with Crippen molar-refractivity contribution in [2.24, 2.45) is 0 Å². The van der Waals surface area contributed by atoms with E-state index in [9.17, 15) is 9.59 Å². The van der Waals surface area contributed by atoms with Gasteiger partial charge >= 0.3 is 5.97 Å². The van der Waals surface area contributed by atoms with Crippen molar-refractivity contribution >= 4 is 27.5 Å². The average molecular weight is 279 g/mol. The lowest BCUT2D eigenvalue weighted by atomic mass is 10.1. The van der Waals surface area contributed by atoms with Crippen LogP contribution < -0.4 is 10.9 Å². The summed E-state index contributed by atoms with van der Waals surface area (Å²) < 4.78 is 4.85. The zero-order valence-electron chi connectivity index (χ0n) is 10.4. The molecule has 0 saturated carbocycles. The summed E-state index contributed by atoms with van der Waals surface area (Å²) in [7, 11) is 0. The molecule has 1 aliphatic rings. The van der Waals surface area contributed by atoms with E-state index in [4.69, 9.17) is 4.74 Å². The maximum absolute atomic E-state index is 12.1. The highest BCUT2D eigenvalue weighted by molar-refractivity contribution is 7.18. The first-order chi connectivity index (χ1) is 9.20. The first kappa shape index (κ1) is 12.3. The van der Waals surface area contributed by atoms with Crippen LogP contribution >= 0.6 is 11.3 Å². The molecule has 3 heterocycles. The predicted octanol–water partition coefficient (Wildman–Crippen LogP) is 0.807. The summed E-state index contributed by atoms with van der Waals surface area (Å²) in [5.74, 6) is -0.614. The standard InChI is InChI=1S/C12H13N3O3S/c1-2-18-12(17)9-14-10(16)8-6-5-13-4-3-7(6)19-11(8)15-9/h13H,2-5H2,1H3,(H,14,15,16). The zero-order valence-corrected chi connectivity index (χ0v) is 11.2. The van der Waals surface area contributed by atoms with E-state index in [2.05, 4.69) is 15.3 Å². The fraction of sp³-hybridized carbons (Fsp3) is 0.417. The third-order valence-corrected chi connectivity index (χ3v) is 4.23. The van der Waals surface area contributed by atoms with Crippen LogP contribution in [-0.2, 0) is 17.7 Å². The Hall–Kier alpha value is -1.73. The van der Waals surface area contributed by atoms with Crippen molar-refractivity contribution in [3.8, 4) is 0 Å². The van der Waals surface area contributed by atoms with Gasteiger partial charge in [0.2, 0.25) is 5.82 Å². The smallest absolute Gasteiger partial charge is 0.374 e. The Balaban J connectivity index is 2.17. The molecule has 7 heteroatoms. The summed E-state index contributed by atoms with van der Waals surface area (Å²) in [6, 6.07) is 0. The van der Waals surface area contributed by atoms with E-state index in [1.165, 1.54) is 16.2 Å². The molecule has 0 amide bonds. The Bertz CT molecular complexity index is 704. The molecule has 2 aromatic heterocycles. The van der Waals surface area contributed by atoms with E-state index in [1.807, 2.05) is 0 Å². The van der Waals surface area contributed by atoms with Crippen molar-refractivity contribution < 1.29 is 9.53 Å². The summed E-state index contributed by atoms with van der Waals surface area (Å²) in [6.45, 7) is 3.55. The minimum absolute atomic E-state index is 0.0223. The summed E-state index contributed by atoms with van der Waals surface area (Å²) >= 11 is 1.48. The molecule has 0 radical (unpaired) electrons. The van der Waals surface area contributed by atoms with Crippen LogP contribution in [0, 0.1) is 0 Å². The van der Waals surface area contributed by atoms with Crippen molar-refractivity contribution in [3.05, 3.63) is 26.6 Å². The fourth-order valence-corrected chi connectivity index (χ4v) is 3.40. The van der Waals surface area contributed by atoms with Gasteiger partial charge in [-0.3, -0.25) is 4.79 Å². The van der Waals surface area contributed by atoms with Crippen LogP contribution in [0.1, 0.15) is 28.0 Å². The number of esters is 1. The van der Waals surface area contributed by atoms with Crippen LogP contribution in [0.25, 0.3) is 10.2 Å². The lowest BCUT2D eigenvalue weighted by Gasteiger charge is -2.11. The minimum atomic E-state index is -0.592. The number of H-pyrrole nitrogens is 1. The number of aromatic amines is 1. The number of fused-ring (bicyclic) bond motifs is 3. The van der Waals surface area contributed by atoms with Crippen molar-refractivity contribution in [2.45, 2.75) is 19.9 Å². The zero-order chi connectivity index (χ0) is 13.4. The summed E-state index contributed by atoms with van der Waals surface area (Å²) in [4.78, 5) is 32.3. The number of hydrogen-bond donors (Lipinski definition) is 2. The normalized spacial score (nSPS) is 14.4.